The molecule has 0 aliphatic carbocycles. The third-order valence-corrected chi connectivity index (χ3v) is 6.52. The molecule has 1 aliphatic rings. The molecule has 0 radical (unpaired) electrons. The minimum Gasteiger partial charge on any atom is -0.465 e. The third kappa shape index (κ3) is 6.54. The molecule has 2 N–H and O–H groups in total. The Morgan fingerprint density at radius 3 is 2.63 bits per heavy atom. The molecule has 1 aliphatic heterocycles. The van der Waals surface area contributed by atoms with E-state index in [9.17, 15) is 14.7 Å². The van der Waals surface area contributed by atoms with E-state index in [0.717, 1.165) is 24.1 Å². The number of carbonyl (C=O) groups is 2. The molecule has 1 fully saturated rings. The second-order valence-corrected chi connectivity index (χ2v) is 11.2. The summed E-state index contributed by atoms with van der Waals surface area (Å²) in [4.78, 5) is 32.7. The van der Waals surface area contributed by atoms with E-state index in [1.165, 1.54) is 4.90 Å². The van der Waals surface area contributed by atoms with Crippen molar-refractivity contribution in [3.63, 3.8) is 0 Å². The average Bonchev–Trinajstić information content (AvgIpc) is 3.30. The van der Waals surface area contributed by atoms with Crippen molar-refractivity contribution in [2.24, 2.45) is 5.92 Å². The maximum atomic E-state index is 13.5. The van der Waals surface area contributed by atoms with Crippen molar-refractivity contribution in [1.82, 2.24) is 19.5 Å². The van der Waals surface area contributed by atoms with Crippen LogP contribution in [0.5, 0.6) is 0 Å². The van der Waals surface area contributed by atoms with Crippen molar-refractivity contribution >= 4 is 29.3 Å². The number of aromatic nitrogens is 3. The van der Waals surface area contributed by atoms with Crippen LogP contribution in [0.1, 0.15) is 64.6 Å². The van der Waals surface area contributed by atoms with Crippen molar-refractivity contribution in [1.29, 1.82) is 0 Å². The zero-order valence-corrected chi connectivity index (χ0v) is 22.8. The highest BCUT2D eigenvalue weighted by Crippen LogP contribution is 2.30. The molecule has 1 aromatic carbocycles. The Morgan fingerprint density at radius 1 is 1.24 bits per heavy atom. The van der Waals surface area contributed by atoms with Crippen LogP contribution >= 0.6 is 0 Å². The molecular formula is C28H38N6O4. The summed E-state index contributed by atoms with van der Waals surface area (Å²) in [7, 11) is 0. The number of nitrogens with zero attached hydrogens (tertiary/aromatic N) is 5. The summed E-state index contributed by atoms with van der Waals surface area (Å²) in [5, 5.41) is 17.6. The van der Waals surface area contributed by atoms with Gasteiger partial charge in [-0.15, -0.1) is 5.10 Å². The van der Waals surface area contributed by atoms with Gasteiger partial charge in [-0.25, -0.2) is 19.1 Å². The van der Waals surface area contributed by atoms with Crippen LogP contribution in [0.4, 0.5) is 21.1 Å². The van der Waals surface area contributed by atoms with Crippen LogP contribution in [-0.4, -0.2) is 62.0 Å². The lowest BCUT2D eigenvalue weighted by atomic mass is 9.98. The minimum atomic E-state index is -0.884. The molecule has 204 valence electrons. The number of anilines is 2. The van der Waals surface area contributed by atoms with E-state index in [2.05, 4.69) is 24.1 Å². The molecule has 10 heteroatoms. The summed E-state index contributed by atoms with van der Waals surface area (Å²) in [6.07, 6.45) is 2.21. The summed E-state index contributed by atoms with van der Waals surface area (Å²) in [6, 6.07) is 11.6. The first-order chi connectivity index (χ1) is 18.0. The molecule has 38 heavy (non-hydrogen) atoms. The fourth-order valence-electron chi connectivity index (χ4n) is 4.63. The van der Waals surface area contributed by atoms with Crippen molar-refractivity contribution in [2.75, 3.05) is 29.9 Å². The average molecular weight is 523 g/mol. The van der Waals surface area contributed by atoms with Gasteiger partial charge < -0.3 is 20.1 Å². The number of rotatable bonds is 7. The first kappa shape index (κ1) is 27.2. The Kier molecular flexibility index (Phi) is 8.08. The van der Waals surface area contributed by atoms with Gasteiger partial charge in [0.25, 0.3) is 0 Å². The standard InChI is InChI=1S/C28H38N6O4/c1-19(2)23-16-30-25-22(33(27(37)38-28(3,4)5)18-20-10-7-6-8-11-20)14-24(31-34(23)25)29-15-21-12-9-13-32(17-21)26(35)36/h6-8,10-11,14,16,19,21H,9,12-13,15,17-18H2,1-5H3,(H,29,31)(H,35,36)/t21-/m1/s1. The van der Waals surface area contributed by atoms with E-state index < -0.39 is 17.8 Å². The van der Waals surface area contributed by atoms with Gasteiger partial charge in [-0.05, 0) is 51.0 Å². The number of piperidine rings is 1. The van der Waals surface area contributed by atoms with Crippen LogP contribution in [0.3, 0.4) is 0 Å². The van der Waals surface area contributed by atoms with Crippen LogP contribution in [0, 0.1) is 5.92 Å². The summed E-state index contributed by atoms with van der Waals surface area (Å²) >= 11 is 0. The summed E-state index contributed by atoms with van der Waals surface area (Å²) in [5.74, 6) is 0.910. The predicted molar refractivity (Wildman–Crippen MR) is 147 cm³/mol. The lowest BCUT2D eigenvalue weighted by Gasteiger charge is -2.31. The number of nitrogens with one attached hydrogen (secondary N) is 1. The number of carbonyl (C=O) groups excluding carboxylic acids is 1. The molecule has 0 unspecified atom stereocenters. The number of hydrogen-bond acceptors (Lipinski definition) is 6. The normalized spacial score (nSPS) is 16.1. The highest BCUT2D eigenvalue weighted by atomic mass is 16.6. The molecule has 2 aromatic heterocycles. The Hall–Kier alpha value is -3.82. The monoisotopic (exact) mass is 522 g/mol. The van der Waals surface area contributed by atoms with Gasteiger partial charge in [0, 0.05) is 25.7 Å². The second-order valence-electron chi connectivity index (χ2n) is 11.2. The second kappa shape index (κ2) is 11.3. The van der Waals surface area contributed by atoms with Crippen molar-refractivity contribution in [3.8, 4) is 0 Å². The van der Waals surface area contributed by atoms with Crippen molar-refractivity contribution in [3.05, 3.63) is 53.9 Å². The lowest BCUT2D eigenvalue weighted by molar-refractivity contribution is 0.0577. The quantitative estimate of drug-likeness (QED) is 0.416. The van der Waals surface area contributed by atoms with Gasteiger partial charge in [-0.3, -0.25) is 4.90 Å². The van der Waals surface area contributed by atoms with Crippen molar-refractivity contribution < 1.29 is 19.4 Å². The Morgan fingerprint density at radius 2 is 1.97 bits per heavy atom. The number of hydrogen-bond donors (Lipinski definition) is 2. The van der Waals surface area contributed by atoms with Gasteiger partial charge in [0.15, 0.2) is 5.65 Å². The van der Waals surface area contributed by atoms with Gasteiger partial charge in [-0.2, -0.15) is 0 Å². The lowest BCUT2D eigenvalue weighted by Crippen LogP contribution is -2.41. The highest BCUT2D eigenvalue weighted by Gasteiger charge is 2.28. The molecule has 1 atom stereocenters. The van der Waals surface area contributed by atoms with Crippen LogP contribution in [0.2, 0.25) is 0 Å². The fourth-order valence-corrected chi connectivity index (χ4v) is 4.63. The van der Waals surface area contributed by atoms with Gasteiger partial charge in [0.2, 0.25) is 0 Å². The fraction of sp³-hybridized carbons (Fsp3) is 0.500. The topological polar surface area (TPSA) is 112 Å². The SMILES string of the molecule is CC(C)c1cnc2c(N(Cc3ccccc3)C(=O)OC(C)(C)C)cc(NC[C@H]3CCCN(C(=O)O)C3)nn12. The molecule has 0 spiro atoms. The maximum absolute atomic E-state index is 13.5. The molecule has 3 aromatic rings. The molecule has 1 saturated heterocycles. The largest absolute Gasteiger partial charge is 0.465 e. The molecule has 4 rings (SSSR count). The van der Waals surface area contributed by atoms with E-state index in [4.69, 9.17) is 9.84 Å². The van der Waals surface area contributed by atoms with Crippen LogP contribution in [0.25, 0.3) is 5.65 Å². The highest BCUT2D eigenvalue weighted by molar-refractivity contribution is 5.93. The number of ether oxygens (including phenoxy) is 1. The number of imidazole rings is 1. The number of amides is 2. The van der Waals surface area contributed by atoms with Gasteiger partial charge in [-0.1, -0.05) is 44.2 Å². The molecular weight excluding hydrogens is 484 g/mol. The number of fused-ring (bicyclic) bond motifs is 1. The minimum absolute atomic E-state index is 0.159. The summed E-state index contributed by atoms with van der Waals surface area (Å²) < 4.78 is 7.59. The molecule has 0 bridgehead atoms. The summed E-state index contributed by atoms with van der Waals surface area (Å²) in [5.41, 5.74) is 2.35. The van der Waals surface area contributed by atoms with Crippen LogP contribution in [-0.2, 0) is 11.3 Å². The maximum Gasteiger partial charge on any atom is 0.415 e. The third-order valence-electron chi connectivity index (χ3n) is 6.52. The molecule has 10 nitrogen and oxygen atoms in total. The number of likely N-dealkylation sites (tertiary alicyclic amines) is 1. The van der Waals surface area contributed by atoms with E-state index >= 15 is 0 Å². The van der Waals surface area contributed by atoms with Gasteiger partial charge >= 0.3 is 12.2 Å². The Bertz CT molecular complexity index is 1270. The molecule has 3 heterocycles. The predicted octanol–water partition coefficient (Wildman–Crippen LogP) is 5.60. The van der Waals surface area contributed by atoms with E-state index in [1.807, 2.05) is 57.2 Å². The summed E-state index contributed by atoms with van der Waals surface area (Å²) in [6.45, 7) is 11.6. The van der Waals surface area contributed by atoms with E-state index in [1.54, 1.807) is 15.6 Å². The Balaban J connectivity index is 1.72. The number of carboxylic acid groups (broad SMARTS) is 1. The zero-order chi connectivity index (χ0) is 27.4. The Labute approximate surface area is 223 Å². The van der Waals surface area contributed by atoms with E-state index in [-0.39, 0.29) is 11.8 Å². The molecule has 2 amide bonds. The van der Waals surface area contributed by atoms with Crippen LogP contribution in [0.15, 0.2) is 42.6 Å². The van der Waals surface area contributed by atoms with Gasteiger partial charge in [0.05, 0.1) is 24.1 Å². The zero-order valence-electron chi connectivity index (χ0n) is 22.8. The number of benzene rings is 1. The molecule has 0 saturated carbocycles. The van der Waals surface area contributed by atoms with Gasteiger partial charge in [0.1, 0.15) is 11.4 Å². The first-order valence-corrected chi connectivity index (χ1v) is 13.2. The smallest absolute Gasteiger partial charge is 0.415 e. The van der Waals surface area contributed by atoms with E-state index in [0.29, 0.717) is 43.3 Å². The van der Waals surface area contributed by atoms with Crippen molar-refractivity contribution in [2.45, 2.75) is 65.5 Å². The van der Waals surface area contributed by atoms with Crippen LogP contribution < -0.4 is 10.2 Å². The first-order valence-electron chi connectivity index (χ1n) is 13.2.